The first-order valence-corrected chi connectivity index (χ1v) is 4.88. The molecule has 1 aliphatic rings. The summed E-state index contributed by atoms with van der Waals surface area (Å²) in [6, 6.07) is 8.72. The minimum absolute atomic E-state index is 0. The highest BCUT2D eigenvalue weighted by Crippen LogP contribution is 2.15. The van der Waals surface area contributed by atoms with Gasteiger partial charge in [-0.2, -0.15) is 0 Å². The molecule has 0 aromatic heterocycles. The second-order valence-electron chi connectivity index (χ2n) is 3.58. The molecule has 1 fully saturated rings. The van der Waals surface area contributed by atoms with Crippen LogP contribution in [0.2, 0.25) is 0 Å². The van der Waals surface area contributed by atoms with E-state index in [-0.39, 0.29) is 30.3 Å². The van der Waals surface area contributed by atoms with Gasteiger partial charge < -0.3 is 15.7 Å². The van der Waals surface area contributed by atoms with Crippen molar-refractivity contribution >= 4 is 30.5 Å². The third-order valence-electron chi connectivity index (χ3n) is 2.48. The average molecular weight is 267 g/mol. The number of nitrogens with zero attached hydrogens (tertiary/aromatic N) is 1. The van der Waals surface area contributed by atoms with Gasteiger partial charge in [-0.15, -0.1) is 24.8 Å². The van der Waals surface area contributed by atoms with E-state index in [1.165, 1.54) is 11.3 Å². The van der Waals surface area contributed by atoms with Gasteiger partial charge in [0.05, 0.1) is 0 Å². The highest BCUT2D eigenvalue weighted by atomic mass is 35.5. The lowest BCUT2D eigenvalue weighted by molar-refractivity contribution is 0.589. The Morgan fingerprint density at radius 1 is 1.12 bits per heavy atom. The molecule has 1 aromatic rings. The minimum Gasteiger partial charge on any atom is -0.412 e. The fraction of sp³-hybridized carbons (Fsp3) is 0.455. The molecule has 0 spiro atoms. The summed E-state index contributed by atoms with van der Waals surface area (Å²) in [7, 11) is 0. The van der Waals surface area contributed by atoms with Gasteiger partial charge in [0.2, 0.25) is 0 Å². The second-order valence-corrected chi connectivity index (χ2v) is 3.58. The maximum atomic E-state index is 3.36. The molecule has 1 saturated heterocycles. The summed E-state index contributed by atoms with van der Waals surface area (Å²) in [6.07, 6.45) is 0. The molecule has 0 saturated carbocycles. The number of anilines is 1. The average Bonchev–Trinajstić information content (AvgIpc) is 2.19. The zero-order chi connectivity index (χ0) is 9.10. The van der Waals surface area contributed by atoms with Gasteiger partial charge in [0.25, 0.3) is 0 Å². The van der Waals surface area contributed by atoms with Gasteiger partial charge in [-0.25, -0.2) is 0 Å². The second kappa shape index (κ2) is 8.65. The Morgan fingerprint density at radius 2 is 1.75 bits per heavy atom. The largest absolute Gasteiger partial charge is 0.412 e. The Kier molecular flexibility index (Phi) is 9.67. The van der Waals surface area contributed by atoms with Crippen LogP contribution in [0.1, 0.15) is 5.56 Å². The number of benzene rings is 1. The van der Waals surface area contributed by atoms with E-state index >= 15 is 0 Å². The van der Waals surface area contributed by atoms with Gasteiger partial charge in [-0.1, -0.05) is 12.1 Å². The molecule has 0 unspecified atom stereocenters. The molecule has 94 valence electrons. The van der Waals surface area contributed by atoms with Gasteiger partial charge in [0, 0.05) is 31.9 Å². The van der Waals surface area contributed by atoms with Crippen molar-refractivity contribution in [2.24, 2.45) is 0 Å². The molecule has 1 aromatic carbocycles. The highest BCUT2D eigenvalue weighted by Gasteiger charge is 2.09. The number of aryl methyl sites for hydroxylation is 1. The van der Waals surface area contributed by atoms with Crippen LogP contribution in [0.15, 0.2) is 24.3 Å². The molecular formula is C11H20Cl2N2O. The first-order chi connectivity index (χ1) is 6.36. The first kappa shape index (κ1) is 17.9. The zero-order valence-electron chi connectivity index (χ0n) is 9.40. The number of hydrogen-bond donors (Lipinski definition) is 1. The number of rotatable bonds is 1. The van der Waals surface area contributed by atoms with Gasteiger partial charge in [-0.05, 0) is 24.6 Å². The fourth-order valence-electron chi connectivity index (χ4n) is 1.75. The van der Waals surface area contributed by atoms with Crippen LogP contribution in [-0.4, -0.2) is 31.7 Å². The summed E-state index contributed by atoms with van der Waals surface area (Å²) in [5, 5.41) is 3.36. The number of hydrogen-bond acceptors (Lipinski definition) is 2. The van der Waals surface area contributed by atoms with E-state index in [0.29, 0.717) is 0 Å². The van der Waals surface area contributed by atoms with Gasteiger partial charge in [0.15, 0.2) is 0 Å². The van der Waals surface area contributed by atoms with Crippen molar-refractivity contribution < 1.29 is 5.48 Å². The van der Waals surface area contributed by atoms with Crippen molar-refractivity contribution in [1.82, 2.24) is 5.32 Å². The normalized spacial score (nSPS) is 14.2. The van der Waals surface area contributed by atoms with Crippen molar-refractivity contribution in [3.8, 4) is 0 Å². The van der Waals surface area contributed by atoms with Crippen LogP contribution in [0.5, 0.6) is 0 Å². The topological polar surface area (TPSA) is 46.8 Å². The van der Waals surface area contributed by atoms with Crippen LogP contribution in [0.3, 0.4) is 0 Å². The molecule has 0 bridgehead atoms. The SMILES string of the molecule is Cc1cccc(N2CCNCC2)c1.Cl.Cl.O. The summed E-state index contributed by atoms with van der Waals surface area (Å²) >= 11 is 0. The smallest absolute Gasteiger partial charge is 0.0369 e. The Hall–Kier alpha value is -0.480. The number of piperazine rings is 1. The fourth-order valence-corrected chi connectivity index (χ4v) is 1.75. The highest BCUT2D eigenvalue weighted by molar-refractivity contribution is 5.85. The number of nitrogens with one attached hydrogen (secondary N) is 1. The van der Waals surface area contributed by atoms with Gasteiger partial charge in [0.1, 0.15) is 0 Å². The maximum absolute atomic E-state index is 3.36. The first-order valence-electron chi connectivity index (χ1n) is 4.88. The molecule has 3 nitrogen and oxygen atoms in total. The predicted octanol–water partition coefficient (Wildman–Crippen LogP) is 1.42. The van der Waals surface area contributed by atoms with Crippen LogP contribution in [0, 0.1) is 6.92 Å². The van der Waals surface area contributed by atoms with Gasteiger partial charge in [-0.3, -0.25) is 0 Å². The van der Waals surface area contributed by atoms with E-state index < -0.39 is 0 Å². The zero-order valence-corrected chi connectivity index (χ0v) is 11.0. The molecule has 0 aliphatic carbocycles. The van der Waals surface area contributed by atoms with Crippen molar-refractivity contribution in [2.45, 2.75) is 6.92 Å². The third kappa shape index (κ3) is 4.58. The van der Waals surface area contributed by atoms with E-state index in [2.05, 4.69) is 41.4 Å². The summed E-state index contributed by atoms with van der Waals surface area (Å²) in [5.41, 5.74) is 2.71. The molecule has 1 heterocycles. The monoisotopic (exact) mass is 266 g/mol. The third-order valence-corrected chi connectivity index (χ3v) is 2.48. The van der Waals surface area contributed by atoms with Crippen LogP contribution >= 0.6 is 24.8 Å². The lowest BCUT2D eigenvalue weighted by Crippen LogP contribution is -2.43. The van der Waals surface area contributed by atoms with Crippen LogP contribution in [0.25, 0.3) is 0 Å². The van der Waals surface area contributed by atoms with E-state index in [1.54, 1.807) is 0 Å². The van der Waals surface area contributed by atoms with E-state index in [9.17, 15) is 0 Å². The Labute approximate surface area is 109 Å². The summed E-state index contributed by atoms with van der Waals surface area (Å²) in [4.78, 5) is 2.43. The Bertz CT molecular complexity index is 291. The molecule has 0 radical (unpaired) electrons. The molecule has 5 heteroatoms. The summed E-state index contributed by atoms with van der Waals surface area (Å²) in [6.45, 7) is 6.61. The minimum atomic E-state index is 0. The maximum Gasteiger partial charge on any atom is 0.0369 e. The molecule has 16 heavy (non-hydrogen) atoms. The summed E-state index contributed by atoms with van der Waals surface area (Å²) in [5.74, 6) is 0. The molecule has 2 rings (SSSR count). The lowest BCUT2D eigenvalue weighted by atomic mass is 10.2. The molecule has 3 N–H and O–H groups in total. The van der Waals surface area contributed by atoms with Gasteiger partial charge >= 0.3 is 0 Å². The Morgan fingerprint density at radius 3 is 2.31 bits per heavy atom. The van der Waals surface area contributed by atoms with Crippen LogP contribution in [-0.2, 0) is 0 Å². The quantitative estimate of drug-likeness (QED) is 0.836. The van der Waals surface area contributed by atoms with Crippen molar-refractivity contribution in [1.29, 1.82) is 0 Å². The Balaban J connectivity index is 0. The van der Waals surface area contributed by atoms with E-state index in [0.717, 1.165) is 26.2 Å². The predicted molar refractivity (Wildman–Crippen MR) is 74.4 cm³/mol. The molecule has 0 amide bonds. The van der Waals surface area contributed by atoms with Crippen molar-refractivity contribution in [2.75, 3.05) is 31.1 Å². The van der Waals surface area contributed by atoms with Crippen molar-refractivity contribution in [3.63, 3.8) is 0 Å². The van der Waals surface area contributed by atoms with E-state index in [1.807, 2.05) is 0 Å². The van der Waals surface area contributed by atoms with Crippen LogP contribution < -0.4 is 10.2 Å². The van der Waals surface area contributed by atoms with E-state index in [4.69, 9.17) is 0 Å². The van der Waals surface area contributed by atoms with Crippen molar-refractivity contribution in [3.05, 3.63) is 29.8 Å². The number of halogens is 2. The lowest BCUT2D eigenvalue weighted by Gasteiger charge is -2.29. The molecule has 0 atom stereocenters. The molecular weight excluding hydrogens is 247 g/mol. The standard InChI is InChI=1S/C11H16N2.2ClH.H2O/c1-10-3-2-4-11(9-10)13-7-5-12-6-8-13;;;/h2-4,9,12H,5-8H2,1H3;2*1H;1H2. The molecule has 1 aliphatic heterocycles. The van der Waals surface area contributed by atoms with Crippen LogP contribution in [0.4, 0.5) is 5.69 Å². The summed E-state index contributed by atoms with van der Waals surface area (Å²) < 4.78 is 0.